The Labute approximate surface area is 160 Å². The van der Waals surface area contributed by atoms with Gasteiger partial charge in [0.2, 0.25) is 5.91 Å². The fourth-order valence-corrected chi connectivity index (χ4v) is 3.35. The highest BCUT2D eigenvalue weighted by atomic mass is 16.5. The number of carbonyl (C=O) groups excluding carboxylic acids is 2. The minimum atomic E-state index is -0.194. The van der Waals surface area contributed by atoms with Crippen molar-refractivity contribution in [2.24, 2.45) is 0 Å². The van der Waals surface area contributed by atoms with Gasteiger partial charge in [0.1, 0.15) is 0 Å². The molecule has 6 heteroatoms. The molecule has 2 heterocycles. The minimum absolute atomic E-state index is 0.140. The lowest BCUT2D eigenvalue weighted by molar-refractivity contribution is -0.144. The number of ether oxygens (including phenoxy) is 1. The first-order valence-electron chi connectivity index (χ1n) is 9.53. The minimum Gasteiger partial charge on any atom is -0.465 e. The molecule has 0 aliphatic carbocycles. The van der Waals surface area contributed by atoms with Crippen LogP contribution in [-0.4, -0.2) is 65.6 Å². The molecule has 0 unspecified atom stereocenters. The lowest BCUT2D eigenvalue weighted by atomic mass is 10.1. The van der Waals surface area contributed by atoms with Gasteiger partial charge in [0, 0.05) is 44.3 Å². The van der Waals surface area contributed by atoms with Crippen LogP contribution in [0.2, 0.25) is 0 Å². The molecule has 6 nitrogen and oxygen atoms in total. The Hall–Kier alpha value is -2.60. The SMILES string of the molecule is CCOC(=O)CN1CCCN(C(=O)Cc2ccc(-n3cccc3)cc2)CC1. The molecule has 1 amide bonds. The highest BCUT2D eigenvalue weighted by molar-refractivity contribution is 5.79. The van der Waals surface area contributed by atoms with Crippen LogP contribution in [0.5, 0.6) is 0 Å². The summed E-state index contributed by atoms with van der Waals surface area (Å²) in [5.74, 6) is -0.0539. The van der Waals surface area contributed by atoms with Gasteiger partial charge in [-0.3, -0.25) is 14.5 Å². The number of esters is 1. The largest absolute Gasteiger partial charge is 0.465 e. The van der Waals surface area contributed by atoms with Gasteiger partial charge in [0.05, 0.1) is 19.6 Å². The molecule has 0 radical (unpaired) electrons. The van der Waals surface area contributed by atoms with Crippen LogP contribution in [-0.2, 0) is 20.7 Å². The van der Waals surface area contributed by atoms with Crippen molar-refractivity contribution in [1.82, 2.24) is 14.4 Å². The van der Waals surface area contributed by atoms with Gasteiger partial charge in [-0.05, 0) is 43.2 Å². The Morgan fingerprint density at radius 3 is 2.44 bits per heavy atom. The van der Waals surface area contributed by atoms with Crippen LogP contribution in [0.3, 0.4) is 0 Å². The average molecular weight is 369 g/mol. The first-order valence-corrected chi connectivity index (χ1v) is 9.53. The maximum absolute atomic E-state index is 12.7. The number of hydrogen-bond donors (Lipinski definition) is 0. The highest BCUT2D eigenvalue weighted by Gasteiger charge is 2.20. The van der Waals surface area contributed by atoms with Crippen molar-refractivity contribution in [2.45, 2.75) is 19.8 Å². The summed E-state index contributed by atoms with van der Waals surface area (Å²) >= 11 is 0. The Morgan fingerprint density at radius 1 is 1.00 bits per heavy atom. The highest BCUT2D eigenvalue weighted by Crippen LogP contribution is 2.12. The Kier molecular flexibility index (Phi) is 6.65. The van der Waals surface area contributed by atoms with Gasteiger partial charge in [-0.2, -0.15) is 0 Å². The van der Waals surface area contributed by atoms with Crippen molar-refractivity contribution in [3.05, 3.63) is 54.4 Å². The van der Waals surface area contributed by atoms with Gasteiger partial charge in [0.25, 0.3) is 0 Å². The molecule has 1 aliphatic heterocycles. The van der Waals surface area contributed by atoms with Gasteiger partial charge in [0.15, 0.2) is 0 Å². The Morgan fingerprint density at radius 2 is 1.74 bits per heavy atom. The third kappa shape index (κ3) is 5.44. The number of carbonyl (C=O) groups is 2. The number of amides is 1. The van der Waals surface area contributed by atoms with Gasteiger partial charge >= 0.3 is 5.97 Å². The lowest BCUT2D eigenvalue weighted by Gasteiger charge is -2.21. The zero-order chi connectivity index (χ0) is 19.1. The normalized spacial score (nSPS) is 15.4. The number of benzene rings is 1. The van der Waals surface area contributed by atoms with Gasteiger partial charge in [-0.25, -0.2) is 0 Å². The first kappa shape index (κ1) is 19.2. The monoisotopic (exact) mass is 369 g/mol. The maximum atomic E-state index is 12.7. The molecule has 0 N–H and O–H groups in total. The predicted octanol–water partition coefficient (Wildman–Crippen LogP) is 2.12. The van der Waals surface area contributed by atoms with E-state index in [9.17, 15) is 9.59 Å². The Bertz CT molecular complexity index is 741. The molecule has 27 heavy (non-hydrogen) atoms. The van der Waals surface area contributed by atoms with E-state index in [0.29, 0.717) is 32.7 Å². The molecule has 3 rings (SSSR count). The van der Waals surface area contributed by atoms with E-state index in [4.69, 9.17) is 4.74 Å². The van der Waals surface area contributed by atoms with Gasteiger partial charge in [-0.1, -0.05) is 12.1 Å². The summed E-state index contributed by atoms with van der Waals surface area (Å²) in [7, 11) is 0. The van der Waals surface area contributed by atoms with Crippen LogP contribution < -0.4 is 0 Å². The smallest absolute Gasteiger partial charge is 0.320 e. The van der Waals surface area contributed by atoms with Crippen LogP contribution in [0.1, 0.15) is 18.9 Å². The van der Waals surface area contributed by atoms with Crippen molar-refractivity contribution in [1.29, 1.82) is 0 Å². The first-order chi connectivity index (χ1) is 13.2. The van der Waals surface area contributed by atoms with Crippen molar-refractivity contribution in [2.75, 3.05) is 39.3 Å². The van der Waals surface area contributed by atoms with E-state index in [0.717, 1.165) is 30.8 Å². The molecule has 2 aromatic rings. The van der Waals surface area contributed by atoms with Crippen molar-refractivity contribution in [3.63, 3.8) is 0 Å². The molecule has 1 fully saturated rings. The van der Waals surface area contributed by atoms with Gasteiger partial charge < -0.3 is 14.2 Å². The topological polar surface area (TPSA) is 54.8 Å². The van der Waals surface area contributed by atoms with E-state index in [2.05, 4.69) is 4.90 Å². The van der Waals surface area contributed by atoms with Crippen molar-refractivity contribution < 1.29 is 14.3 Å². The van der Waals surface area contributed by atoms with Crippen LogP contribution >= 0.6 is 0 Å². The van der Waals surface area contributed by atoms with E-state index in [1.807, 2.05) is 65.2 Å². The molecule has 1 saturated heterocycles. The summed E-state index contributed by atoms with van der Waals surface area (Å²) in [6.45, 7) is 5.42. The zero-order valence-electron chi connectivity index (χ0n) is 15.8. The molecule has 1 aromatic carbocycles. The Balaban J connectivity index is 1.51. The van der Waals surface area contributed by atoms with Crippen LogP contribution in [0.4, 0.5) is 0 Å². The van der Waals surface area contributed by atoms with E-state index in [1.54, 1.807) is 0 Å². The van der Waals surface area contributed by atoms with E-state index in [-0.39, 0.29) is 11.9 Å². The molecular formula is C21H27N3O3. The van der Waals surface area contributed by atoms with Crippen LogP contribution in [0, 0.1) is 0 Å². The standard InChI is InChI=1S/C21H27N3O3/c1-2-27-21(26)17-22-10-5-13-24(15-14-22)20(25)16-18-6-8-19(9-7-18)23-11-3-4-12-23/h3-4,6-9,11-12H,2,5,10,13-17H2,1H3. The number of aromatic nitrogens is 1. The number of hydrogen-bond acceptors (Lipinski definition) is 4. The predicted molar refractivity (Wildman–Crippen MR) is 104 cm³/mol. The summed E-state index contributed by atoms with van der Waals surface area (Å²) in [5.41, 5.74) is 2.10. The van der Waals surface area contributed by atoms with E-state index < -0.39 is 0 Å². The zero-order valence-corrected chi connectivity index (χ0v) is 15.8. The molecule has 0 spiro atoms. The fourth-order valence-electron chi connectivity index (χ4n) is 3.35. The average Bonchev–Trinajstić information content (AvgIpc) is 3.10. The fraction of sp³-hybridized carbons (Fsp3) is 0.429. The number of rotatable bonds is 6. The summed E-state index contributed by atoms with van der Waals surface area (Å²) in [4.78, 5) is 28.3. The second-order valence-corrected chi connectivity index (χ2v) is 6.75. The molecule has 1 aliphatic rings. The lowest BCUT2D eigenvalue weighted by Crippen LogP contribution is -2.37. The second kappa shape index (κ2) is 9.37. The summed E-state index contributed by atoms with van der Waals surface area (Å²) in [6.07, 6.45) is 5.28. The molecule has 0 saturated carbocycles. The molecular weight excluding hydrogens is 342 g/mol. The van der Waals surface area contributed by atoms with Crippen LogP contribution in [0.25, 0.3) is 5.69 Å². The maximum Gasteiger partial charge on any atom is 0.320 e. The third-order valence-electron chi connectivity index (χ3n) is 4.79. The molecule has 1 aromatic heterocycles. The summed E-state index contributed by atoms with van der Waals surface area (Å²) < 4.78 is 7.05. The second-order valence-electron chi connectivity index (χ2n) is 6.75. The summed E-state index contributed by atoms with van der Waals surface area (Å²) in [5, 5.41) is 0. The van der Waals surface area contributed by atoms with Crippen LogP contribution in [0.15, 0.2) is 48.8 Å². The molecule has 144 valence electrons. The van der Waals surface area contributed by atoms with E-state index in [1.165, 1.54) is 0 Å². The van der Waals surface area contributed by atoms with E-state index >= 15 is 0 Å². The quantitative estimate of drug-likeness (QED) is 0.732. The third-order valence-corrected chi connectivity index (χ3v) is 4.79. The van der Waals surface area contributed by atoms with Crippen molar-refractivity contribution in [3.8, 4) is 5.69 Å². The van der Waals surface area contributed by atoms with Gasteiger partial charge in [-0.15, -0.1) is 0 Å². The van der Waals surface area contributed by atoms with Crippen molar-refractivity contribution >= 4 is 11.9 Å². The summed E-state index contributed by atoms with van der Waals surface area (Å²) in [6, 6.07) is 12.1. The molecule has 0 bridgehead atoms. The number of nitrogens with zero attached hydrogens (tertiary/aromatic N) is 3. The molecule has 0 atom stereocenters.